The zero-order valence-corrected chi connectivity index (χ0v) is 16.0. The minimum atomic E-state index is 0. The molecule has 0 N–H and O–H groups in total. The molecule has 4 heteroatoms. The van der Waals surface area contributed by atoms with Gasteiger partial charge in [0.15, 0.2) is 0 Å². The number of rotatable bonds is 4. The van der Waals surface area contributed by atoms with Crippen LogP contribution in [0.5, 0.6) is 0 Å². The van der Waals surface area contributed by atoms with Gasteiger partial charge in [-0.05, 0) is 68.4 Å². The maximum Gasteiger partial charge on any atom is 0.0409 e. The molecule has 1 heterocycles. The molecule has 0 radical (unpaired) electrons. The van der Waals surface area contributed by atoms with Crippen molar-refractivity contribution in [1.82, 2.24) is 4.90 Å². The van der Waals surface area contributed by atoms with Crippen LogP contribution in [-0.4, -0.2) is 25.5 Å². The molecule has 2 aromatic rings. The van der Waals surface area contributed by atoms with Gasteiger partial charge in [-0.2, -0.15) is 0 Å². The topological polar surface area (TPSA) is 3.24 Å². The van der Waals surface area contributed by atoms with E-state index in [2.05, 4.69) is 55.4 Å². The fourth-order valence-corrected chi connectivity index (χ4v) is 4.46. The first-order valence-corrected chi connectivity index (χ1v) is 9.16. The second-order valence-electron chi connectivity index (χ2n) is 6.17. The van der Waals surface area contributed by atoms with Crippen molar-refractivity contribution in [1.29, 1.82) is 0 Å². The van der Waals surface area contributed by atoms with Crippen molar-refractivity contribution >= 4 is 35.8 Å². The van der Waals surface area contributed by atoms with Gasteiger partial charge in [-0.15, -0.1) is 24.2 Å². The van der Waals surface area contributed by atoms with Gasteiger partial charge in [0, 0.05) is 21.6 Å². The van der Waals surface area contributed by atoms with Gasteiger partial charge in [-0.3, -0.25) is 0 Å². The third-order valence-corrected chi connectivity index (χ3v) is 5.63. The third-order valence-electron chi connectivity index (χ3n) is 4.26. The summed E-state index contributed by atoms with van der Waals surface area (Å²) in [7, 11) is 4.28. The van der Waals surface area contributed by atoms with E-state index in [9.17, 15) is 0 Å². The Morgan fingerprint density at radius 3 is 2.70 bits per heavy atom. The summed E-state index contributed by atoms with van der Waals surface area (Å²) in [5, 5.41) is 0.844. The van der Waals surface area contributed by atoms with Gasteiger partial charge in [0.25, 0.3) is 0 Å². The molecule has 0 saturated carbocycles. The summed E-state index contributed by atoms with van der Waals surface area (Å²) >= 11 is 8.22. The second kappa shape index (κ2) is 8.43. The van der Waals surface area contributed by atoms with Gasteiger partial charge in [-0.1, -0.05) is 35.9 Å². The summed E-state index contributed by atoms with van der Waals surface area (Å²) in [5.41, 5.74) is 4.35. The summed E-state index contributed by atoms with van der Waals surface area (Å²) in [4.78, 5) is 3.64. The molecule has 1 atom stereocenters. The summed E-state index contributed by atoms with van der Waals surface area (Å²) < 4.78 is 0. The SMILES string of the molecule is CN(C)CCCC1c2ccccc2CSc2ccc(Cl)cc21.Cl. The van der Waals surface area contributed by atoms with Crippen LogP contribution in [0.15, 0.2) is 47.4 Å². The Kier molecular flexibility index (Phi) is 6.84. The highest BCUT2D eigenvalue weighted by molar-refractivity contribution is 7.98. The lowest BCUT2D eigenvalue weighted by Gasteiger charge is -2.21. The van der Waals surface area contributed by atoms with Crippen LogP contribution in [0.25, 0.3) is 0 Å². The molecule has 3 rings (SSSR count). The van der Waals surface area contributed by atoms with E-state index in [4.69, 9.17) is 11.6 Å². The number of hydrogen-bond donors (Lipinski definition) is 0. The van der Waals surface area contributed by atoms with E-state index < -0.39 is 0 Å². The quantitative estimate of drug-likeness (QED) is 0.667. The fraction of sp³-hybridized carbons (Fsp3) is 0.368. The van der Waals surface area contributed by atoms with Crippen molar-refractivity contribution in [2.75, 3.05) is 20.6 Å². The van der Waals surface area contributed by atoms with Gasteiger partial charge >= 0.3 is 0 Å². The molecule has 2 aromatic carbocycles. The second-order valence-corrected chi connectivity index (χ2v) is 7.62. The molecule has 0 fully saturated rings. The minimum absolute atomic E-state index is 0. The van der Waals surface area contributed by atoms with Crippen molar-refractivity contribution in [2.24, 2.45) is 0 Å². The standard InChI is InChI=1S/C19H22ClNS.ClH/c1-21(2)11-5-8-17-16-7-4-3-6-14(16)13-22-19-10-9-15(20)12-18(17)19;/h3-4,6-7,9-10,12,17H,5,8,11,13H2,1-2H3;1H. The highest BCUT2D eigenvalue weighted by Crippen LogP contribution is 2.43. The van der Waals surface area contributed by atoms with Crippen molar-refractivity contribution in [2.45, 2.75) is 29.4 Å². The number of fused-ring (bicyclic) bond motifs is 2. The predicted octanol–water partition coefficient (Wildman–Crippen LogP) is 5.84. The average Bonchev–Trinajstić information content (AvgIpc) is 2.65. The van der Waals surface area contributed by atoms with E-state index in [1.54, 1.807) is 0 Å². The minimum Gasteiger partial charge on any atom is -0.309 e. The first kappa shape index (κ1) is 18.7. The molecule has 0 aromatic heterocycles. The molecule has 23 heavy (non-hydrogen) atoms. The number of benzene rings is 2. The average molecular weight is 368 g/mol. The van der Waals surface area contributed by atoms with E-state index in [1.807, 2.05) is 17.8 Å². The van der Waals surface area contributed by atoms with Gasteiger partial charge < -0.3 is 4.90 Å². The van der Waals surface area contributed by atoms with Crippen molar-refractivity contribution in [3.05, 3.63) is 64.2 Å². The van der Waals surface area contributed by atoms with Gasteiger partial charge in [0.05, 0.1) is 0 Å². The van der Waals surface area contributed by atoms with Crippen LogP contribution in [-0.2, 0) is 5.75 Å². The van der Waals surface area contributed by atoms with E-state index >= 15 is 0 Å². The normalized spacial score (nSPS) is 16.3. The summed E-state index contributed by atoms with van der Waals surface area (Å²) in [6.07, 6.45) is 2.37. The lowest BCUT2D eigenvalue weighted by Crippen LogP contribution is -2.14. The van der Waals surface area contributed by atoms with E-state index in [-0.39, 0.29) is 12.4 Å². The molecule has 124 valence electrons. The smallest absolute Gasteiger partial charge is 0.0409 e. The number of thioether (sulfide) groups is 1. The van der Waals surface area contributed by atoms with Crippen molar-refractivity contribution in [3.63, 3.8) is 0 Å². The maximum atomic E-state index is 6.29. The van der Waals surface area contributed by atoms with Gasteiger partial charge in [-0.25, -0.2) is 0 Å². The van der Waals surface area contributed by atoms with Crippen molar-refractivity contribution < 1.29 is 0 Å². The first-order chi connectivity index (χ1) is 10.6. The Labute approximate surface area is 154 Å². The first-order valence-electron chi connectivity index (χ1n) is 7.80. The van der Waals surface area contributed by atoms with Crippen LogP contribution in [0.1, 0.15) is 35.4 Å². The van der Waals surface area contributed by atoms with E-state index in [1.165, 1.54) is 34.4 Å². The van der Waals surface area contributed by atoms with E-state index in [0.29, 0.717) is 5.92 Å². The summed E-state index contributed by atoms with van der Waals surface area (Å²) in [6.45, 7) is 1.13. The molecule has 0 amide bonds. The largest absolute Gasteiger partial charge is 0.309 e. The maximum absolute atomic E-state index is 6.29. The Bertz CT molecular complexity index is 658. The Morgan fingerprint density at radius 1 is 1.13 bits per heavy atom. The molecule has 1 aliphatic heterocycles. The Morgan fingerprint density at radius 2 is 1.91 bits per heavy atom. The lowest BCUT2D eigenvalue weighted by molar-refractivity contribution is 0.389. The van der Waals surface area contributed by atoms with Crippen molar-refractivity contribution in [3.8, 4) is 0 Å². The number of halogens is 2. The lowest BCUT2D eigenvalue weighted by atomic mass is 9.85. The molecule has 0 aliphatic carbocycles. The highest BCUT2D eigenvalue weighted by Gasteiger charge is 2.23. The van der Waals surface area contributed by atoms with Crippen LogP contribution in [0.4, 0.5) is 0 Å². The third kappa shape index (κ3) is 4.45. The van der Waals surface area contributed by atoms with Gasteiger partial charge in [0.2, 0.25) is 0 Å². The molecular formula is C19H23Cl2NS. The molecule has 1 nitrogen and oxygen atoms in total. The van der Waals surface area contributed by atoms with E-state index in [0.717, 1.165) is 17.3 Å². The van der Waals surface area contributed by atoms with Crippen LogP contribution >= 0.6 is 35.8 Å². The monoisotopic (exact) mass is 367 g/mol. The van der Waals surface area contributed by atoms with Gasteiger partial charge in [0.1, 0.15) is 0 Å². The summed E-state index contributed by atoms with van der Waals surface area (Å²) in [6, 6.07) is 15.3. The zero-order chi connectivity index (χ0) is 15.5. The molecule has 1 unspecified atom stereocenters. The molecule has 1 aliphatic rings. The number of nitrogens with zero attached hydrogens (tertiary/aromatic N) is 1. The van der Waals surface area contributed by atoms with Crippen LogP contribution in [0, 0.1) is 0 Å². The van der Waals surface area contributed by atoms with Crippen LogP contribution in [0.3, 0.4) is 0 Å². The molecular weight excluding hydrogens is 345 g/mol. The Balaban J connectivity index is 0.00000192. The number of hydrogen-bond acceptors (Lipinski definition) is 2. The predicted molar refractivity (Wildman–Crippen MR) is 104 cm³/mol. The molecule has 0 saturated heterocycles. The Hall–Kier alpha value is -0.670. The highest BCUT2D eigenvalue weighted by atomic mass is 35.5. The van der Waals surface area contributed by atoms with Crippen LogP contribution in [0.2, 0.25) is 5.02 Å². The molecule has 0 bridgehead atoms. The van der Waals surface area contributed by atoms with Crippen LogP contribution < -0.4 is 0 Å². The molecule has 0 spiro atoms. The summed E-state index contributed by atoms with van der Waals surface area (Å²) in [5.74, 6) is 1.51. The fourth-order valence-electron chi connectivity index (χ4n) is 3.17. The zero-order valence-electron chi connectivity index (χ0n) is 13.6.